The van der Waals surface area contributed by atoms with Crippen molar-refractivity contribution >= 4 is 34.6 Å². The number of aryl methyl sites for hydroxylation is 2. The number of carbonyl (C=O) groups is 1. The summed E-state index contributed by atoms with van der Waals surface area (Å²) in [7, 11) is 0. The minimum absolute atomic E-state index is 0.0952. The van der Waals surface area contributed by atoms with E-state index in [1.807, 2.05) is 30.5 Å². The van der Waals surface area contributed by atoms with Gasteiger partial charge in [-0.2, -0.15) is 0 Å². The fourth-order valence-electron chi connectivity index (χ4n) is 2.88. The number of nitrogens with one attached hydrogen (secondary N) is 2. The van der Waals surface area contributed by atoms with Crippen LogP contribution in [0.2, 0.25) is 0 Å². The molecule has 2 aromatic heterocycles. The Labute approximate surface area is 143 Å². The smallest absolute Gasteiger partial charge is 0.227 e. The van der Waals surface area contributed by atoms with Gasteiger partial charge in [0, 0.05) is 34.9 Å². The second kappa shape index (κ2) is 6.05. The lowest BCUT2D eigenvalue weighted by Gasteiger charge is -2.16. The van der Waals surface area contributed by atoms with Gasteiger partial charge in [-0.15, -0.1) is 11.3 Å². The zero-order chi connectivity index (χ0) is 16.5. The second-order valence-corrected chi connectivity index (χ2v) is 6.71. The zero-order valence-corrected chi connectivity index (χ0v) is 14.0. The van der Waals surface area contributed by atoms with Crippen LogP contribution in [0.25, 0.3) is 11.3 Å². The van der Waals surface area contributed by atoms with Crippen molar-refractivity contribution in [1.29, 1.82) is 0 Å². The maximum Gasteiger partial charge on any atom is 0.227 e. The Kier molecular flexibility index (Phi) is 3.74. The minimum atomic E-state index is -0.0952. The first-order valence-corrected chi connectivity index (χ1v) is 8.64. The molecule has 0 unspecified atom stereocenters. The number of carbonyl (C=O) groups excluding carboxylic acids is 1. The Hall–Kier alpha value is -2.73. The molecule has 1 aliphatic carbocycles. The molecule has 5 nitrogen and oxygen atoms in total. The molecule has 0 atom stereocenters. The SMILES string of the molecule is CC(=O)Nc1cccc(Nc2ncc3c(n2)-c2ccsc2CC3)c1. The number of thiophene rings is 1. The van der Waals surface area contributed by atoms with Crippen molar-refractivity contribution in [2.75, 3.05) is 10.6 Å². The van der Waals surface area contributed by atoms with Crippen molar-refractivity contribution in [3.05, 3.63) is 52.3 Å². The summed E-state index contributed by atoms with van der Waals surface area (Å²) in [6, 6.07) is 9.64. The van der Waals surface area contributed by atoms with E-state index >= 15 is 0 Å². The summed E-state index contributed by atoms with van der Waals surface area (Å²) >= 11 is 1.79. The monoisotopic (exact) mass is 336 g/mol. The predicted octanol–water partition coefficient (Wildman–Crippen LogP) is 4.01. The van der Waals surface area contributed by atoms with E-state index in [9.17, 15) is 4.79 Å². The van der Waals surface area contributed by atoms with Gasteiger partial charge < -0.3 is 10.6 Å². The van der Waals surface area contributed by atoms with Gasteiger partial charge in [-0.3, -0.25) is 4.79 Å². The first-order chi connectivity index (χ1) is 11.7. The predicted molar refractivity (Wildman–Crippen MR) is 96.8 cm³/mol. The van der Waals surface area contributed by atoms with E-state index in [1.165, 1.54) is 22.9 Å². The lowest BCUT2D eigenvalue weighted by atomic mass is 9.96. The Morgan fingerprint density at radius 1 is 1.21 bits per heavy atom. The summed E-state index contributed by atoms with van der Waals surface area (Å²) in [5.74, 6) is 0.468. The second-order valence-electron chi connectivity index (χ2n) is 5.71. The van der Waals surface area contributed by atoms with Crippen LogP contribution in [0.4, 0.5) is 17.3 Å². The fraction of sp³-hybridized carbons (Fsp3) is 0.167. The molecule has 0 bridgehead atoms. The maximum absolute atomic E-state index is 11.2. The average molecular weight is 336 g/mol. The third-order valence-electron chi connectivity index (χ3n) is 3.93. The molecule has 0 radical (unpaired) electrons. The van der Waals surface area contributed by atoms with E-state index < -0.39 is 0 Å². The third-order valence-corrected chi connectivity index (χ3v) is 4.91. The van der Waals surface area contributed by atoms with Crippen molar-refractivity contribution in [2.24, 2.45) is 0 Å². The van der Waals surface area contributed by atoms with Crippen LogP contribution in [0, 0.1) is 0 Å². The van der Waals surface area contributed by atoms with Crippen molar-refractivity contribution in [1.82, 2.24) is 9.97 Å². The molecule has 1 aliphatic rings. The molecule has 0 fully saturated rings. The number of rotatable bonds is 3. The molecule has 1 amide bonds. The molecule has 3 aromatic rings. The summed E-state index contributed by atoms with van der Waals surface area (Å²) in [6.45, 7) is 1.49. The highest BCUT2D eigenvalue weighted by atomic mass is 32.1. The van der Waals surface area contributed by atoms with E-state index in [2.05, 4.69) is 27.1 Å². The molecule has 120 valence electrons. The lowest BCUT2D eigenvalue weighted by molar-refractivity contribution is -0.114. The lowest BCUT2D eigenvalue weighted by Crippen LogP contribution is -2.08. The molecule has 2 heterocycles. The number of hydrogen-bond acceptors (Lipinski definition) is 5. The number of hydrogen-bond donors (Lipinski definition) is 2. The third kappa shape index (κ3) is 2.88. The van der Waals surface area contributed by atoms with Crippen LogP contribution in [0.5, 0.6) is 0 Å². The first kappa shape index (κ1) is 14.8. The van der Waals surface area contributed by atoms with E-state index in [4.69, 9.17) is 4.98 Å². The number of nitrogens with zero attached hydrogens (tertiary/aromatic N) is 2. The van der Waals surface area contributed by atoms with Crippen LogP contribution in [-0.2, 0) is 17.6 Å². The summed E-state index contributed by atoms with van der Waals surface area (Å²) in [5.41, 5.74) is 5.01. The Morgan fingerprint density at radius 2 is 2.08 bits per heavy atom. The van der Waals surface area contributed by atoms with Gasteiger partial charge in [-0.1, -0.05) is 6.07 Å². The topological polar surface area (TPSA) is 66.9 Å². The van der Waals surface area contributed by atoms with Gasteiger partial charge in [0.15, 0.2) is 0 Å². The number of fused-ring (bicyclic) bond motifs is 3. The minimum Gasteiger partial charge on any atom is -0.326 e. The highest BCUT2D eigenvalue weighted by molar-refractivity contribution is 7.10. The Morgan fingerprint density at radius 3 is 2.96 bits per heavy atom. The number of benzene rings is 1. The summed E-state index contributed by atoms with van der Waals surface area (Å²) in [6.07, 6.45) is 3.96. The summed E-state index contributed by atoms with van der Waals surface area (Å²) in [4.78, 5) is 21.7. The maximum atomic E-state index is 11.2. The molecule has 1 aromatic carbocycles. The molecule has 0 saturated heterocycles. The van der Waals surface area contributed by atoms with Gasteiger partial charge in [0.1, 0.15) is 0 Å². The van der Waals surface area contributed by atoms with E-state index in [0.717, 1.165) is 29.9 Å². The summed E-state index contributed by atoms with van der Waals surface area (Å²) < 4.78 is 0. The fourth-order valence-corrected chi connectivity index (χ4v) is 3.76. The molecular weight excluding hydrogens is 320 g/mol. The van der Waals surface area contributed by atoms with Crippen LogP contribution < -0.4 is 10.6 Å². The largest absolute Gasteiger partial charge is 0.326 e. The van der Waals surface area contributed by atoms with Gasteiger partial charge in [0.2, 0.25) is 11.9 Å². The number of anilines is 3. The van der Waals surface area contributed by atoms with Gasteiger partial charge in [0.25, 0.3) is 0 Å². The first-order valence-electron chi connectivity index (χ1n) is 7.76. The van der Waals surface area contributed by atoms with Crippen LogP contribution in [0.15, 0.2) is 41.9 Å². The molecule has 24 heavy (non-hydrogen) atoms. The van der Waals surface area contributed by atoms with Gasteiger partial charge >= 0.3 is 0 Å². The normalized spacial score (nSPS) is 12.2. The average Bonchev–Trinajstić information content (AvgIpc) is 3.03. The molecule has 2 N–H and O–H groups in total. The number of amides is 1. The van der Waals surface area contributed by atoms with Crippen LogP contribution in [0.1, 0.15) is 17.4 Å². The highest BCUT2D eigenvalue weighted by Gasteiger charge is 2.19. The van der Waals surface area contributed by atoms with Gasteiger partial charge in [-0.05, 0) is 48.1 Å². The molecule has 6 heteroatoms. The van der Waals surface area contributed by atoms with Crippen LogP contribution in [-0.4, -0.2) is 15.9 Å². The van der Waals surface area contributed by atoms with E-state index in [-0.39, 0.29) is 5.91 Å². The van der Waals surface area contributed by atoms with E-state index in [1.54, 1.807) is 11.3 Å². The van der Waals surface area contributed by atoms with E-state index in [0.29, 0.717) is 5.95 Å². The van der Waals surface area contributed by atoms with Crippen LogP contribution >= 0.6 is 11.3 Å². The molecule has 0 saturated carbocycles. The van der Waals surface area contributed by atoms with Gasteiger partial charge in [-0.25, -0.2) is 9.97 Å². The van der Waals surface area contributed by atoms with Crippen molar-refractivity contribution in [3.63, 3.8) is 0 Å². The van der Waals surface area contributed by atoms with Crippen molar-refractivity contribution in [3.8, 4) is 11.3 Å². The zero-order valence-electron chi connectivity index (χ0n) is 13.2. The van der Waals surface area contributed by atoms with Crippen molar-refractivity contribution in [2.45, 2.75) is 19.8 Å². The quantitative estimate of drug-likeness (QED) is 0.758. The Bertz CT molecular complexity index is 919. The summed E-state index contributed by atoms with van der Waals surface area (Å²) in [5, 5.41) is 8.11. The molecular formula is C18H16N4OS. The van der Waals surface area contributed by atoms with Gasteiger partial charge in [0.05, 0.1) is 5.69 Å². The van der Waals surface area contributed by atoms with Crippen LogP contribution in [0.3, 0.4) is 0 Å². The standard InChI is InChI=1S/C18H16N4OS/c1-11(23)20-13-3-2-4-14(9-13)21-18-19-10-12-5-6-16-15(7-8-24-16)17(12)22-18/h2-4,7-10H,5-6H2,1H3,(H,20,23)(H,19,21,22). The molecule has 0 spiro atoms. The Balaban J connectivity index is 1.63. The molecule has 4 rings (SSSR count). The number of aromatic nitrogens is 2. The van der Waals surface area contributed by atoms with Crippen molar-refractivity contribution < 1.29 is 4.79 Å². The molecule has 0 aliphatic heterocycles. The highest BCUT2D eigenvalue weighted by Crippen LogP contribution is 2.35.